The molecule has 5 nitrogen and oxygen atoms in total. The topological polar surface area (TPSA) is 58.8 Å². The van der Waals surface area contributed by atoms with Crippen LogP contribution >= 0.6 is 22.9 Å². The number of hydrogen-bond donors (Lipinski definition) is 1. The van der Waals surface area contributed by atoms with Crippen molar-refractivity contribution in [1.29, 1.82) is 0 Å². The summed E-state index contributed by atoms with van der Waals surface area (Å²) >= 11 is 7.44. The average molecular weight is 387 g/mol. The molecule has 134 valence electrons. The smallest absolute Gasteiger partial charge is 0.274 e. The molecule has 1 aliphatic carbocycles. The van der Waals surface area contributed by atoms with E-state index in [1.807, 2.05) is 29.8 Å². The first-order chi connectivity index (χ1) is 12.7. The standard InChI is InChI=1S/C19H19ClN4OS/c20-18-15(10-11-26-18)22-19(25)16-8-6-14-7-9-17(23-24(14)16)21-12-13-4-2-1-3-5-13/h6-13H,1-5H2,(H,22,25). The minimum atomic E-state index is -0.244. The average Bonchev–Trinajstić information content (AvgIpc) is 3.27. The number of nitrogens with zero attached hydrogens (tertiary/aromatic N) is 3. The van der Waals surface area contributed by atoms with E-state index < -0.39 is 0 Å². The third kappa shape index (κ3) is 3.66. The van der Waals surface area contributed by atoms with Gasteiger partial charge >= 0.3 is 0 Å². The molecule has 1 saturated carbocycles. The van der Waals surface area contributed by atoms with Gasteiger partial charge in [-0.15, -0.1) is 16.4 Å². The first-order valence-corrected chi connectivity index (χ1v) is 10.0. The van der Waals surface area contributed by atoms with Crippen LogP contribution in [-0.2, 0) is 0 Å². The second-order valence-corrected chi connectivity index (χ2v) is 8.00. The van der Waals surface area contributed by atoms with Gasteiger partial charge in [-0.2, -0.15) is 0 Å². The molecule has 0 unspecified atom stereocenters. The van der Waals surface area contributed by atoms with E-state index in [-0.39, 0.29) is 5.91 Å². The molecule has 4 rings (SSSR count). The Morgan fingerprint density at radius 1 is 1.23 bits per heavy atom. The summed E-state index contributed by atoms with van der Waals surface area (Å²) in [6, 6.07) is 9.22. The predicted molar refractivity (Wildman–Crippen MR) is 107 cm³/mol. The number of thiophene rings is 1. The van der Waals surface area contributed by atoms with Crippen LogP contribution in [0.2, 0.25) is 4.34 Å². The van der Waals surface area contributed by atoms with Gasteiger partial charge in [-0.1, -0.05) is 30.9 Å². The Morgan fingerprint density at radius 3 is 2.81 bits per heavy atom. The van der Waals surface area contributed by atoms with Crippen LogP contribution < -0.4 is 5.32 Å². The highest BCUT2D eigenvalue weighted by Gasteiger charge is 2.15. The van der Waals surface area contributed by atoms with E-state index in [1.54, 1.807) is 16.6 Å². The van der Waals surface area contributed by atoms with Crippen molar-refractivity contribution >= 4 is 52.1 Å². The third-order valence-corrected chi connectivity index (χ3v) is 5.83. The van der Waals surface area contributed by atoms with Gasteiger partial charge in [0.15, 0.2) is 5.82 Å². The highest BCUT2D eigenvalue weighted by molar-refractivity contribution is 7.15. The number of carbonyl (C=O) groups is 1. The van der Waals surface area contributed by atoms with E-state index in [9.17, 15) is 4.79 Å². The van der Waals surface area contributed by atoms with E-state index in [1.165, 1.54) is 43.4 Å². The number of fused-ring (bicyclic) bond motifs is 1. The number of anilines is 1. The molecule has 1 aliphatic rings. The van der Waals surface area contributed by atoms with Crippen molar-refractivity contribution in [2.45, 2.75) is 32.1 Å². The van der Waals surface area contributed by atoms with Gasteiger partial charge in [-0.25, -0.2) is 9.51 Å². The van der Waals surface area contributed by atoms with Gasteiger partial charge in [-0.05, 0) is 54.5 Å². The minimum absolute atomic E-state index is 0.244. The zero-order valence-corrected chi connectivity index (χ0v) is 15.8. The van der Waals surface area contributed by atoms with Crippen molar-refractivity contribution < 1.29 is 4.79 Å². The van der Waals surface area contributed by atoms with Crippen LogP contribution in [0.15, 0.2) is 40.7 Å². The summed E-state index contributed by atoms with van der Waals surface area (Å²) in [7, 11) is 0. The van der Waals surface area contributed by atoms with E-state index in [4.69, 9.17) is 11.6 Å². The van der Waals surface area contributed by atoms with Crippen LogP contribution in [-0.4, -0.2) is 21.7 Å². The quantitative estimate of drug-likeness (QED) is 0.594. The molecule has 0 radical (unpaired) electrons. The molecule has 1 N–H and O–H groups in total. The number of amides is 1. The molecular formula is C19H19ClN4OS. The van der Waals surface area contributed by atoms with Crippen LogP contribution in [0.3, 0.4) is 0 Å². The highest BCUT2D eigenvalue weighted by atomic mass is 35.5. The van der Waals surface area contributed by atoms with Gasteiger partial charge in [0.1, 0.15) is 10.0 Å². The second-order valence-electron chi connectivity index (χ2n) is 6.49. The molecule has 1 fully saturated rings. The molecule has 7 heteroatoms. The van der Waals surface area contributed by atoms with Crippen molar-refractivity contribution in [3.63, 3.8) is 0 Å². The third-order valence-electron chi connectivity index (χ3n) is 4.66. The Morgan fingerprint density at radius 2 is 2.04 bits per heavy atom. The largest absolute Gasteiger partial charge is 0.319 e. The van der Waals surface area contributed by atoms with E-state index >= 15 is 0 Å². The summed E-state index contributed by atoms with van der Waals surface area (Å²) in [5.74, 6) is 0.905. The molecule has 3 heterocycles. The Labute approximate surface area is 160 Å². The van der Waals surface area contributed by atoms with Gasteiger partial charge in [0.25, 0.3) is 5.91 Å². The molecular weight excluding hydrogens is 368 g/mol. The minimum Gasteiger partial charge on any atom is -0.319 e. The zero-order valence-electron chi connectivity index (χ0n) is 14.2. The normalized spacial score (nSPS) is 15.7. The monoisotopic (exact) mass is 386 g/mol. The maximum Gasteiger partial charge on any atom is 0.274 e. The van der Waals surface area contributed by atoms with Crippen molar-refractivity contribution in [2.24, 2.45) is 10.9 Å². The lowest BCUT2D eigenvalue weighted by Gasteiger charge is -2.16. The molecule has 0 bridgehead atoms. The van der Waals surface area contributed by atoms with E-state index in [0.717, 1.165) is 5.52 Å². The van der Waals surface area contributed by atoms with Crippen LogP contribution in [0, 0.1) is 5.92 Å². The fourth-order valence-electron chi connectivity index (χ4n) is 3.25. The Kier molecular flexibility index (Phi) is 5.04. The van der Waals surface area contributed by atoms with E-state index in [0.29, 0.717) is 27.5 Å². The Hall–Kier alpha value is -2.18. The number of aliphatic imine (C=N–C) groups is 1. The summed E-state index contributed by atoms with van der Waals surface area (Å²) in [6.45, 7) is 0. The fourth-order valence-corrected chi connectivity index (χ4v) is 4.09. The molecule has 3 aromatic heterocycles. The number of hydrogen-bond acceptors (Lipinski definition) is 4. The van der Waals surface area contributed by atoms with Crippen LogP contribution in [0.25, 0.3) is 5.52 Å². The molecule has 0 aliphatic heterocycles. The number of rotatable bonds is 4. The zero-order chi connectivity index (χ0) is 17.9. The number of halogens is 1. The second kappa shape index (κ2) is 7.60. The van der Waals surface area contributed by atoms with Crippen LogP contribution in [0.4, 0.5) is 11.5 Å². The molecule has 26 heavy (non-hydrogen) atoms. The SMILES string of the molecule is O=C(Nc1ccsc1Cl)c1ccc2ccc(N=CC3CCCCC3)nn12. The van der Waals surface area contributed by atoms with Gasteiger partial charge in [0.2, 0.25) is 0 Å². The van der Waals surface area contributed by atoms with Crippen LogP contribution in [0.5, 0.6) is 0 Å². The van der Waals surface area contributed by atoms with Gasteiger partial charge < -0.3 is 5.32 Å². The summed E-state index contributed by atoms with van der Waals surface area (Å²) < 4.78 is 2.19. The molecule has 0 saturated heterocycles. The summed E-state index contributed by atoms with van der Waals surface area (Å²) in [6.07, 6.45) is 8.29. The number of nitrogens with one attached hydrogen (secondary N) is 1. The Balaban J connectivity index is 1.57. The first kappa shape index (κ1) is 17.2. The summed E-state index contributed by atoms with van der Waals surface area (Å²) in [4.78, 5) is 17.1. The molecule has 0 aromatic carbocycles. The maximum atomic E-state index is 12.6. The number of aromatic nitrogens is 2. The van der Waals surface area contributed by atoms with Gasteiger partial charge in [0.05, 0.1) is 11.2 Å². The van der Waals surface area contributed by atoms with Crippen LogP contribution in [0.1, 0.15) is 42.6 Å². The summed E-state index contributed by atoms with van der Waals surface area (Å²) in [5.41, 5.74) is 1.92. The van der Waals surface area contributed by atoms with E-state index in [2.05, 4.69) is 15.4 Å². The highest BCUT2D eigenvalue weighted by Crippen LogP contribution is 2.28. The predicted octanol–water partition coefficient (Wildman–Crippen LogP) is 5.58. The first-order valence-electron chi connectivity index (χ1n) is 8.78. The Bertz CT molecular complexity index is 956. The summed E-state index contributed by atoms with van der Waals surface area (Å²) in [5, 5.41) is 9.19. The molecule has 3 aromatic rings. The lowest BCUT2D eigenvalue weighted by atomic mass is 9.90. The molecule has 0 atom stereocenters. The molecule has 0 spiro atoms. The van der Waals surface area contributed by atoms with Gasteiger partial charge in [0, 0.05) is 6.21 Å². The lowest BCUT2D eigenvalue weighted by molar-refractivity contribution is 0.102. The number of carbonyl (C=O) groups excluding carboxylic acids is 1. The van der Waals surface area contributed by atoms with Crippen molar-refractivity contribution in [1.82, 2.24) is 9.61 Å². The van der Waals surface area contributed by atoms with Crippen molar-refractivity contribution in [3.05, 3.63) is 45.7 Å². The lowest BCUT2D eigenvalue weighted by Crippen LogP contribution is -2.15. The maximum absolute atomic E-state index is 12.6. The van der Waals surface area contributed by atoms with Gasteiger partial charge in [-0.3, -0.25) is 4.79 Å². The van der Waals surface area contributed by atoms with Crippen molar-refractivity contribution in [3.8, 4) is 0 Å². The fraction of sp³-hybridized carbons (Fsp3) is 0.316. The van der Waals surface area contributed by atoms with Crippen molar-refractivity contribution in [2.75, 3.05) is 5.32 Å². The molecule has 1 amide bonds.